The maximum Gasteiger partial charge on any atom is 0.305 e. The number of hydrogen-bond donors (Lipinski definition) is 3. The average Bonchev–Trinajstić information content (AvgIpc) is 2.28. The van der Waals surface area contributed by atoms with Crippen LogP contribution in [0.4, 0.5) is 0 Å². The van der Waals surface area contributed by atoms with Crippen molar-refractivity contribution in [2.45, 2.75) is 12.5 Å². The van der Waals surface area contributed by atoms with E-state index in [4.69, 9.17) is 10.8 Å². The number of carbonyl (C=O) groups excluding carboxylic acids is 1. The Bertz CT molecular complexity index is 365. The highest BCUT2D eigenvalue weighted by Crippen LogP contribution is 2.08. The third-order valence-corrected chi connectivity index (χ3v) is 2.08. The van der Waals surface area contributed by atoms with E-state index in [1.807, 2.05) is 6.07 Å². The van der Waals surface area contributed by atoms with E-state index in [1.54, 1.807) is 24.3 Å². The molecule has 0 spiro atoms. The summed E-state index contributed by atoms with van der Waals surface area (Å²) in [4.78, 5) is 21.7. The number of nitrogens with two attached hydrogens (primary N) is 1. The van der Waals surface area contributed by atoms with Crippen molar-refractivity contribution < 1.29 is 14.7 Å². The molecule has 0 fully saturated rings. The lowest BCUT2D eigenvalue weighted by atomic mass is 10.1. The van der Waals surface area contributed by atoms with E-state index in [1.165, 1.54) is 0 Å². The number of hydrogen-bond acceptors (Lipinski definition) is 3. The minimum Gasteiger partial charge on any atom is -0.481 e. The number of carboxylic acid groups (broad SMARTS) is 1. The van der Waals surface area contributed by atoms with Crippen molar-refractivity contribution in [1.82, 2.24) is 5.32 Å². The summed E-state index contributed by atoms with van der Waals surface area (Å²) in [7, 11) is 0. The first-order valence-electron chi connectivity index (χ1n) is 4.91. The third kappa shape index (κ3) is 3.70. The first-order valence-corrected chi connectivity index (χ1v) is 4.91. The minimum atomic E-state index is -0.950. The van der Waals surface area contributed by atoms with Gasteiger partial charge in [-0.15, -0.1) is 0 Å². The molecule has 1 rings (SSSR count). The summed E-state index contributed by atoms with van der Waals surface area (Å²) in [5.74, 6) is -1.32. The molecule has 1 unspecified atom stereocenters. The second kappa shape index (κ2) is 5.87. The Morgan fingerprint density at radius 1 is 1.31 bits per heavy atom. The molecule has 1 atom stereocenters. The molecule has 0 heterocycles. The molecule has 5 heteroatoms. The Labute approximate surface area is 93.3 Å². The van der Waals surface area contributed by atoms with E-state index in [9.17, 15) is 9.59 Å². The average molecular weight is 222 g/mol. The second-order valence-electron chi connectivity index (χ2n) is 3.32. The fourth-order valence-corrected chi connectivity index (χ4v) is 1.21. The van der Waals surface area contributed by atoms with Crippen LogP contribution in [-0.2, 0) is 9.59 Å². The number of benzene rings is 1. The van der Waals surface area contributed by atoms with Crippen LogP contribution in [0.25, 0.3) is 0 Å². The highest BCUT2D eigenvalue weighted by molar-refractivity contribution is 5.83. The van der Waals surface area contributed by atoms with E-state index >= 15 is 0 Å². The maximum absolute atomic E-state index is 11.5. The van der Waals surface area contributed by atoms with Crippen molar-refractivity contribution in [3.05, 3.63) is 35.9 Å². The Morgan fingerprint density at radius 3 is 2.50 bits per heavy atom. The monoisotopic (exact) mass is 222 g/mol. The number of rotatable bonds is 5. The lowest BCUT2D eigenvalue weighted by Gasteiger charge is -2.11. The first kappa shape index (κ1) is 12.2. The molecule has 0 aliphatic carbocycles. The van der Waals surface area contributed by atoms with Crippen LogP contribution in [0.3, 0.4) is 0 Å². The summed E-state index contributed by atoms with van der Waals surface area (Å²) >= 11 is 0. The smallest absolute Gasteiger partial charge is 0.305 e. The third-order valence-electron chi connectivity index (χ3n) is 2.08. The molecule has 5 nitrogen and oxygen atoms in total. The molecular weight excluding hydrogens is 208 g/mol. The van der Waals surface area contributed by atoms with E-state index < -0.39 is 12.0 Å². The van der Waals surface area contributed by atoms with Crippen LogP contribution >= 0.6 is 0 Å². The summed E-state index contributed by atoms with van der Waals surface area (Å²) in [6.45, 7) is 0.0920. The molecule has 16 heavy (non-hydrogen) atoms. The van der Waals surface area contributed by atoms with Gasteiger partial charge in [-0.2, -0.15) is 0 Å². The molecule has 1 aromatic rings. The van der Waals surface area contributed by atoms with Crippen molar-refractivity contribution in [2.75, 3.05) is 6.54 Å². The fourth-order valence-electron chi connectivity index (χ4n) is 1.21. The zero-order valence-corrected chi connectivity index (χ0v) is 8.72. The van der Waals surface area contributed by atoms with Crippen LogP contribution in [0.1, 0.15) is 18.0 Å². The molecule has 1 aromatic carbocycles. The van der Waals surface area contributed by atoms with Crippen molar-refractivity contribution in [2.24, 2.45) is 5.73 Å². The molecule has 1 amide bonds. The van der Waals surface area contributed by atoms with Crippen molar-refractivity contribution in [3.63, 3.8) is 0 Å². The highest BCUT2D eigenvalue weighted by atomic mass is 16.4. The lowest BCUT2D eigenvalue weighted by molar-refractivity contribution is -0.136. The second-order valence-corrected chi connectivity index (χ2v) is 3.32. The quantitative estimate of drug-likeness (QED) is 0.667. The summed E-state index contributed by atoms with van der Waals surface area (Å²) in [5, 5.41) is 10.9. The lowest BCUT2D eigenvalue weighted by Crippen LogP contribution is -2.35. The largest absolute Gasteiger partial charge is 0.481 e. The molecular formula is C11H14N2O3. The van der Waals surface area contributed by atoms with Crippen LogP contribution < -0.4 is 11.1 Å². The fraction of sp³-hybridized carbons (Fsp3) is 0.273. The van der Waals surface area contributed by atoms with Gasteiger partial charge in [-0.05, 0) is 5.56 Å². The Hall–Kier alpha value is -1.88. The summed E-state index contributed by atoms with van der Waals surface area (Å²) in [6, 6.07) is 8.16. The maximum atomic E-state index is 11.5. The summed E-state index contributed by atoms with van der Waals surface area (Å²) in [5.41, 5.74) is 6.40. The zero-order valence-electron chi connectivity index (χ0n) is 8.72. The first-order chi connectivity index (χ1) is 7.61. The SMILES string of the molecule is NC(C(=O)NCCC(=O)O)c1ccccc1. The molecule has 0 aromatic heterocycles. The highest BCUT2D eigenvalue weighted by Gasteiger charge is 2.14. The number of nitrogens with one attached hydrogen (secondary N) is 1. The predicted molar refractivity (Wildman–Crippen MR) is 58.6 cm³/mol. The van der Waals surface area contributed by atoms with E-state index in [-0.39, 0.29) is 18.9 Å². The van der Waals surface area contributed by atoms with Gasteiger partial charge in [-0.3, -0.25) is 9.59 Å². The predicted octanol–water partition coefficient (Wildman–Crippen LogP) is 0.277. The van der Waals surface area contributed by atoms with Crippen LogP contribution in [-0.4, -0.2) is 23.5 Å². The number of amides is 1. The van der Waals surface area contributed by atoms with Gasteiger partial charge >= 0.3 is 5.97 Å². The standard InChI is InChI=1S/C11H14N2O3/c12-10(8-4-2-1-3-5-8)11(16)13-7-6-9(14)15/h1-5,10H,6-7,12H2,(H,13,16)(H,14,15). The van der Waals surface area contributed by atoms with Gasteiger partial charge in [0.2, 0.25) is 5.91 Å². The van der Waals surface area contributed by atoms with Gasteiger partial charge in [0.05, 0.1) is 6.42 Å². The number of carbonyl (C=O) groups is 2. The van der Waals surface area contributed by atoms with Gasteiger partial charge in [0.15, 0.2) is 0 Å². The number of aliphatic carboxylic acids is 1. The molecule has 0 saturated heterocycles. The molecule has 86 valence electrons. The van der Waals surface area contributed by atoms with Crippen molar-refractivity contribution in [3.8, 4) is 0 Å². The molecule has 0 aliphatic heterocycles. The van der Waals surface area contributed by atoms with Crippen LogP contribution in [0, 0.1) is 0 Å². The van der Waals surface area contributed by atoms with Gasteiger partial charge in [0.1, 0.15) is 6.04 Å². The minimum absolute atomic E-state index is 0.0920. The zero-order chi connectivity index (χ0) is 12.0. The van der Waals surface area contributed by atoms with Gasteiger partial charge in [-0.1, -0.05) is 30.3 Å². The van der Waals surface area contributed by atoms with Crippen LogP contribution in [0.15, 0.2) is 30.3 Å². The Balaban J connectivity index is 2.45. The van der Waals surface area contributed by atoms with Crippen LogP contribution in [0.5, 0.6) is 0 Å². The van der Waals surface area contributed by atoms with E-state index in [0.29, 0.717) is 5.56 Å². The van der Waals surface area contributed by atoms with E-state index in [0.717, 1.165) is 0 Å². The molecule has 0 aliphatic rings. The molecule has 4 N–H and O–H groups in total. The van der Waals surface area contributed by atoms with E-state index in [2.05, 4.69) is 5.32 Å². The number of carboxylic acids is 1. The Morgan fingerprint density at radius 2 is 1.94 bits per heavy atom. The van der Waals surface area contributed by atoms with Gasteiger partial charge in [0, 0.05) is 6.54 Å². The van der Waals surface area contributed by atoms with Crippen molar-refractivity contribution >= 4 is 11.9 Å². The Kier molecular flexibility index (Phi) is 4.47. The van der Waals surface area contributed by atoms with Gasteiger partial charge < -0.3 is 16.2 Å². The summed E-state index contributed by atoms with van der Waals surface area (Å²) < 4.78 is 0. The molecule has 0 radical (unpaired) electrons. The van der Waals surface area contributed by atoms with Gasteiger partial charge in [0.25, 0.3) is 0 Å². The molecule has 0 saturated carbocycles. The topological polar surface area (TPSA) is 92.4 Å². The van der Waals surface area contributed by atoms with Crippen molar-refractivity contribution in [1.29, 1.82) is 0 Å². The van der Waals surface area contributed by atoms with Crippen LogP contribution in [0.2, 0.25) is 0 Å². The molecule has 0 bridgehead atoms. The normalized spacial score (nSPS) is 11.8. The van der Waals surface area contributed by atoms with Gasteiger partial charge in [-0.25, -0.2) is 0 Å². The summed E-state index contributed by atoms with van der Waals surface area (Å²) in [6.07, 6.45) is -0.104.